The Bertz CT molecular complexity index is 1180. The molecule has 7 nitrogen and oxygen atoms in total. The van der Waals surface area contributed by atoms with E-state index in [2.05, 4.69) is 16.9 Å². The Morgan fingerprint density at radius 3 is 2.49 bits per heavy atom. The maximum atomic E-state index is 13.1. The van der Waals surface area contributed by atoms with E-state index in [9.17, 15) is 9.59 Å². The van der Waals surface area contributed by atoms with E-state index in [1.54, 1.807) is 34.8 Å². The Labute approximate surface area is 210 Å². The molecule has 3 aromatic rings. The fourth-order valence-electron chi connectivity index (χ4n) is 4.32. The highest BCUT2D eigenvalue weighted by atomic mass is 35.5. The second-order valence-corrected chi connectivity index (χ2v) is 9.00. The highest BCUT2D eigenvalue weighted by molar-refractivity contribution is 6.30. The van der Waals surface area contributed by atoms with E-state index < -0.39 is 0 Å². The van der Waals surface area contributed by atoms with Crippen molar-refractivity contribution < 1.29 is 14.3 Å². The molecule has 2 aromatic carbocycles. The third-order valence-electron chi connectivity index (χ3n) is 6.15. The number of anilines is 1. The van der Waals surface area contributed by atoms with Crippen LogP contribution in [0.3, 0.4) is 0 Å². The summed E-state index contributed by atoms with van der Waals surface area (Å²) in [5, 5.41) is 3.53. The molecule has 0 atom stereocenters. The van der Waals surface area contributed by atoms with E-state index in [4.69, 9.17) is 16.3 Å². The molecule has 0 bridgehead atoms. The fourth-order valence-corrected chi connectivity index (χ4v) is 4.45. The summed E-state index contributed by atoms with van der Waals surface area (Å²) in [5.41, 5.74) is 2.35. The molecule has 182 valence electrons. The molecule has 2 amide bonds. The number of hydrogen-bond acceptors (Lipinski definition) is 4. The average molecular weight is 493 g/mol. The minimum atomic E-state index is -0.318. The van der Waals surface area contributed by atoms with Crippen molar-refractivity contribution >= 4 is 29.4 Å². The normalized spacial score (nSPS) is 13.4. The zero-order chi connectivity index (χ0) is 24.8. The summed E-state index contributed by atoms with van der Waals surface area (Å²) in [7, 11) is 1.61. The van der Waals surface area contributed by atoms with E-state index in [-0.39, 0.29) is 24.3 Å². The molecule has 1 heterocycles. The number of nitrogens with zero attached hydrogens (tertiary/aromatic N) is 3. The van der Waals surface area contributed by atoms with Crippen molar-refractivity contribution in [3.63, 3.8) is 0 Å². The van der Waals surface area contributed by atoms with Crippen LogP contribution in [-0.2, 0) is 9.59 Å². The molecule has 0 unspecified atom stereocenters. The summed E-state index contributed by atoms with van der Waals surface area (Å²) in [4.78, 5) is 32.3. The Kier molecular flexibility index (Phi) is 7.87. The van der Waals surface area contributed by atoms with Crippen LogP contribution in [0, 0.1) is 5.92 Å². The monoisotopic (exact) mass is 492 g/mol. The Morgan fingerprint density at radius 2 is 1.86 bits per heavy atom. The Balaban J connectivity index is 1.59. The van der Waals surface area contributed by atoms with Gasteiger partial charge >= 0.3 is 0 Å². The molecule has 1 saturated carbocycles. The predicted octanol–water partition coefficient (Wildman–Crippen LogP) is 5.34. The van der Waals surface area contributed by atoms with Gasteiger partial charge in [0, 0.05) is 34.9 Å². The summed E-state index contributed by atoms with van der Waals surface area (Å²) in [6, 6.07) is 14.8. The quantitative estimate of drug-likeness (QED) is 0.409. The standard InChI is InChI=1S/C27H29ClN4O3/c1-3-16-31(26(34)20-6-4-5-7-20)18-25(33)30-27-29-24(19-8-10-21(28)11-9-19)17-32(27)22-12-14-23(35-2)15-13-22/h3,8-15,17,20H,1,4-7,16,18H2,2H3,(H,29,30,33). The molecule has 1 fully saturated rings. The summed E-state index contributed by atoms with van der Waals surface area (Å²) in [6.45, 7) is 4.01. The van der Waals surface area contributed by atoms with Crippen molar-refractivity contribution in [2.45, 2.75) is 25.7 Å². The first kappa shape index (κ1) is 24.5. The van der Waals surface area contributed by atoms with Gasteiger partial charge < -0.3 is 9.64 Å². The largest absolute Gasteiger partial charge is 0.497 e. The number of methoxy groups -OCH3 is 1. The number of carbonyl (C=O) groups is 2. The van der Waals surface area contributed by atoms with E-state index in [0.717, 1.165) is 42.7 Å². The molecule has 8 heteroatoms. The van der Waals surface area contributed by atoms with Gasteiger partial charge in [-0.3, -0.25) is 19.5 Å². The van der Waals surface area contributed by atoms with Crippen LogP contribution in [0.1, 0.15) is 25.7 Å². The number of halogens is 1. The summed E-state index contributed by atoms with van der Waals surface area (Å²) < 4.78 is 7.07. The molecule has 1 aliphatic carbocycles. The summed E-state index contributed by atoms with van der Waals surface area (Å²) in [5.74, 6) is 0.763. The van der Waals surface area contributed by atoms with Gasteiger partial charge in [0.05, 0.1) is 12.8 Å². The van der Waals surface area contributed by atoms with Crippen LogP contribution in [0.25, 0.3) is 16.9 Å². The lowest BCUT2D eigenvalue weighted by Gasteiger charge is -2.23. The van der Waals surface area contributed by atoms with Gasteiger partial charge in [-0.15, -0.1) is 6.58 Å². The highest BCUT2D eigenvalue weighted by Crippen LogP contribution is 2.28. The Hall–Kier alpha value is -3.58. The number of aromatic nitrogens is 2. The van der Waals surface area contributed by atoms with E-state index >= 15 is 0 Å². The van der Waals surface area contributed by atoms with Gasteiger partial charge in [-0.2, -0.15) is 0 Å². The molecule has 35 heavy (non-hydrogen) atoms. The summed E-state index contributed by atoms with van der Waals surface area (Å²) in [6.07, 6.45) is 7.36. The van der Waals surface area contributed by atoms with Crippen molar-refractivity contribution in [1.29, 1.82) is 0 Å². The molecule has 0 radical (unpaired) electrons. The van der Waals surface area contributed by atoms with Crippen molar-refractivity contribution in [2.24, 2.45) is 5.92 Å². The Morgan fingerprint density at radius 1 is 1.17 bits per heavy atom. The minimum absolute atomic E-state index is 0.0119. The lowest BCUT2D eigenvalue weighted by molar-refractivity contribution is -0.137. The number of imidazole rings is 1. The topological polar surface area (TPSA) is 76.5 Å². The lowest BCUT2D eigenvalue weighted by Crippen LogP contribution is -2.41. The SMILES string of the molecule is C=CCN(CC(=O)Nc1nc(-c2ccc(Cl)cc2)cn1-c1ccc(OC)cc1)C(=O)C1CCCC1. The van der Waals surface area contributed by atoms with Gasteiger partial charge in [0.25, 0.3) is 0 Å². The van der Waals surface area contributed by atoms with Crippen LogP contribution in [0.2, 0.25) is 5.02 Å². The first-order chi connectivity index (χ1) is 17.0. The maximum absolute atomic E-state index is 13.1. The minimum Gasteiger partial charge on any atom is -0.497 e. The van der Waals surface area contributed by atoms with Gasteiger partial charge in [0.2, 0.25) is 17.8 Å². The molecule has 0 spiro atoms. The van der Waals surface area contributed by atoms with Crippen LogP contribution in [0.15, 0.2) is 67.4 Å². The van der Waals surface area contributed by atoms with Gasteiger partial charge in [-0.25, -0.2) is 4.98 Å². The molecule has 0 saturated heterocycles. The average Bonchev–Trinajstić information content (AvgIpc) is 3.55. The lowest BCUT2D eigenvalue weighted by atomic mass is 10.1. The smallest absolute Gasteiger partial charge is 0.246 e. The number of rotatable bonds is 9. The molecule has 0 aliphatic heterocycles. The van der Waals surface area contributed by atoms with Crippen molar-refractivity contribution in [3.05, 3.63) is 72.4 Å². The van der Waals surface area contributed by atoms with Crippen LogP contribution < -0.4 is 10.1 Å². The van der Waals surface area contributed by atoms with Gasteiger partial charge in [0.15, 0.2) is 0 Å². The molecule has 1 aliphatic rings. The number of carbonyl (C=O) groups excluding carboxylic acids is 2. The van der Waals surface area contributed by atoms with E-state index in [1.165, 1.54) is 0 Å². The van der Waals surface area contributed by atoms with Gasteiger partial charge in [-0.1, -0.05) is 42.7 Å². The number of hydrogen-bond donors (Lipinski definition) is 1. The number of benzene rings is 2. The van der Waals surface area contributed by atoms with E-state index in [0.29, 0.717) is 23.2 Å². The molecule has 1 N–H and O–H groups in total. The van der Waals surface area contributed by atoms with Gasteiger partial charge in [-0.05, 0) is 49.2 Å². The number of ether oxygens (including phenoxy) is 1. The van der Waals surface area contributed by atoms with Gasteiger partial charge in [0.1, 0.15) is 12.3 Å². The van der Waals surface area contributed by atoms with E-state index in [1.807, 2.05) is 42.6 Å². The third-order valence-corrected chi connectivity index (χ3v) is 6.40. The highest BCUT2D eigenvalue weighted by Gasteiger charge is 2.28. The first-order valence-electron chi connectivity index (χ1n) is 11.7. The van der Waals surface area contributed by atoms with Crippen molar-refractivity contribution in [1.82, 2.24) is 14.5 Å². The zero-order valence-corrected chi connectivity index (χ0v) is 20.5. The second-order valence-electron chi connectivity index (χ2n) is 8.56. The maximum Gasteiger partial charge on any atom is 0.246 e. The molecular formula is C27H29ClN4O3. The second kappa shape index (κ2) is 11.2. The van der Waals surface area contributed by atoms with Crippen molar-refractivity contribution in [3.8, 4) is 22.7 Å². The van der Waals surface area contributed by atoms with Crippen molar-refractivity contribution in [2.75, 3.05) is 25.5 Å². The molecular weight excluding hydrogens is 464 g/mol. The zero-order valence-electron chi connectivity index (χ0n) is 19.7. The molecule has 4 rings (SSSR count). The van der Waals surface area contributed by atoms with Crippen LogP contribution in [0.4, 0.5) is 5.95 Å². The third kappa shape index (κ3) is 5.92. The van der Waals surface area contributed by atoms with Crippen LogP contribution in [-0.4, -0.2) is 46.5 Å². The predicted molar refractivity (Wildman–Crippen MR) is 138 cm³/mol. The summed E-state index contributed by atoms with van der Waals surface area (Å²) >= 11 is 6.04. The van der Waals surface area contributed by atoms with Crippen LogP contribution >= 0.6 is 11.6 Å². The first-order valence-corrected chi connectivity index (χ1v) is 12.1. The van der Waals surface area contributed by atoms with Crippen LogP contribution in [0.5, 0.6) is 5.75 Å². The number of nitrogens with one attached hydrogen (secondary N) is 1. The fraction of sp³-hybridized carbons (Fsp3) is 0.296. The number of amides is 2. The molecule has 1 aromatic heterocycles.